The molecule has 1 aromatic carbocycles. The third-order valence-electron chi connectivity index (χ3n) is 4.83. The number of H-pyrrole nitrogens is 1. The van der Waals surface area contributed by atoms with Crippen LogP contribution in [0.4, 0.5) is 30.6 Å². The van der Waals surface area contributed by atoms with Gasteiger partial charge in [0.25, 0.3) is 0 Å². The number of hydrogen-bond acceptors (Lipinski definition) is 5. The summed E-state index contributed by atoms with van der Waals surface area (Å²) in [6, 6.07) is 8.07. The summed E-state index contributed by atoms with van der Waals surface area (Å²) >= 11 is 0. The summed E-state index contributed by atoms with van der Waals surface area (Å²) < 4.78 is 45.6. The molecule has 0 unspecified atom stereocenters. The highest BCUT2D eigenvalue weighted by Crippen LogP contribution is 2.39. The zero-order valence-corrected chi connectivity index (χ0v) is 15.2. The van der Waals surface area contributed by atoms with E-state index in [0.29, 0.717) is 11.4 Å². The standard InChI is InChI=1S/C19H19F3N5O/c1-28-14-9-5-4-8-13(14)25-18-26-16-15(12(10-23-16)19(20,21)22)17(27-18)24-11-6-2-3-7-11/h4,8-11H,2-3,6-7H2,1H3,(H3,23,24,25,26,27). The van der Waals surface area contributed by atoms with E-state index in [-0.39, 0.29) is 28.8 Å². The van der Waals surface area contributed by atoms with Crippen LogP contribution in [0.3, 0.4) is 0 Å². The van der Waals surface area contributed by atoms with Gasteiger partial charge in [0.15, 0.2) is 0 Å². The molecule has 1 radical (unpaired) electrons. The van der Waals surface area contributed by atoms with Gasteiger partial charge in [0.1, 0.15) is 17.2 Å². The smallest absolute Gasteiger partial charge is 0.418 e. The predicted molar refractivity (Wildman–Crippen MR) is 99.9 cm³/mol. The topological polar surface area (TPSA) is 74.9 Å². The highest BCUT2D eigenvalue weighted by Gasteiger charge is 2.36. The molecule has 0 bridgehead atoms. The normalized spacial score (nSPS) is 15.1. The van der Waals surface area contributed by atoms with Crippen molar-refractivity contribution < 1.29 is 17.9 Å². The number of methoxy groups -OCH3 is 1. The number of hydrogen-bond donors (Lipinski definition) is 3. The van der Waals surface area contributed by atoms with Crippen LogP contribution in [0.25, 0.3) is 11.0 Å². The monoisotopic (exact) mass is 390 g/mol. The highest BCUT2D eigenvalue weighted by molar-refractivity contribution is 5.92. The molecule has 0 atom stereocenters. The van der Waals surface area contributed by atoms with Crippen LogP contribution in [-0.2, 0) is 6.18 Å². The largest absolute Gasteiger partial charge is 0.495 e. The minimum atomic E-state index is -4.50. The summed E-state index contributed by atoms with van der Waals surface area (Å²) in [5.41, 5.74) is -0.0664. The SMILES string of the molecule is COc1c[c]ccc1Nc1nc(NC2CCCC2)c2c(C(F)(F)F)c[nH]c2n1. The van der Waals surface area contributed by atoms with Gasteiger partial charge < -0.3 is 20.4 Å². The third-order valence-corrected chi connectivity index (χ3v) is 4.83. The van der Waals surface area contributed by atoms with E-state index in [4.69, 9.17) is 4.74 Å². The Morgan fingerprint density at radius 2 is 2.04 bits per heavy atom. The van der Waals surface area contributed by atoms with Crippen LogP contribution >= 0.6 is 0 Å². The molecule has 0 saturated heterocycles. The molecule has 2 aromatic heterocycles. The Balaban J connectivity index is 1.78. The van der Waals surface area contributed by atoms with Gasteiger partial charge in [-0.25, -0.2) is 0 Å². The van der Waals surface area contributed by atoms with E-state index in [2.05, 4.69) is 31.7 Å². The maximum absolute atomic E-state index is 13.5. The molecular formula is C19H19F3N5O. The van der Waals surface area contributed by atoms with Crippen molar-refractivity contribution in [3.63, 3.8) is 0 Å². The van der Waals surface area contributed by atoms with Gasteiger partial charge in [0.05, 0.1) is 23.7 Å². The first-order valence-corrected chi connectivity index (χ1v) is 8.99. The third kappa shape index (κ3) is 3.56. The van der Waals surface area contributed by atoms with Crippen molar-refractivity contribution in [2.45, 2.75) is 37.9 Å². The Hall–Kier alpha value is -2.97. The molecular weight excluding hydrogens is 371 g/mol. The molecule has 0 aliphatic heterocycles. The second-order valence-corrected chi connectivity index (χ2v) is 6.70. The van der Waals surface area contributed by atoms with E-state index in [1.807, 2.05) is 0 Å². The lowest BCUT2D eigenvalue weighted by atomic mass is 10.2. The maximum Gasteiger partial charge on any atom is 0.418 e. The fourth-order valence-corrected chi connectivity index (χ4v) is 3.49. The van der Waals surface area contributed by atoms with Gasteiger partial charge in [0.2, 0.25) is 5.95 Å². The van der Waals surface area contributed by atoms with Crippen LogP contribution in [0.15, 0.2) is 24.4 Å². The molecule has 1 aliphatic rings. The molecule has 1 aliphatic carbocycles. The molecule has 3 aromatic rings. The van der Waals surface area contributed by atoms with Crippen molar-refractivity contribution in [3.05, 3.63) is 36.0 Å². The van der Waals surface area contributed by atoms with E-state index in [0.717, 1.165) is 31.9 Å². The maximum atomic E-state index is 13.5. The van der Waals surface area contributed by atoms with Gasteiger partial charge in [0, 0.05) is 12.2 Å². The molecule has 6 nitrogen and oxygen atoms in total. The number of anilines is 3. The number of aromatic amines is 1. The summed E-state index contributed by atoms with van der Waals surface area (Å²) in [7, 11) is 1.52. The lowest BCUT2D eigenvalue weighted by Crippen LogP contribution is -2.17. The minimum Gasteiger partial charge on any atom is -0.495 e. The van der Waals surface area contributed by atoms with E-state index < -0.39 is 11.7 Å². The van der Waals surface area contributed by atoms with Gasteiger partial charge in [-0.05, 0) is 31.0 Å². The molecule has 4 rings (SSSR count). The molecule has 2 heterocycles. The zero-order valence-electron chi connectivity index (χ0n) is 15.2. The summed E-state index contributed by atoms with van der Waals surface area (Å²) in [6.45, 7) is 0. The van der Waals surface area contributed by atoms with Crippen molar-refractivity contribution in [1.82, 2.24) is 15.0 Å². The Morgan fingerprint density at radius 1 is 1.25 bits per heavy atom. The zero-order chi connectivity index (χ0) is 19.7. The number of ether oxygens (including phenoxy) is 1. The number of benzene rings is 1. The van der Waals surface area contributed by atoms with Crippen molar-refractivity contribution in [2.24, 2.45) is 0 Å². The summed E-state index contributed by atoms with van der Waals surface area (Å²) in [4.78, 5) is 11.2. The van der Waals surface area contributed by atoms with Crippen LogP contribution in [0, 0.1) is 6.07 Å². The van der Waals surface area contributed by atoms with Crippen molar-refractivity contribution >= 4 is 28.5 Å². The van der Waals surface area contributed by atoms with Crippen molar-refractivity contribution in [1.29, 1.82) is 0 Å². The van der Waals surface area contributed by atoms with Crippen molar-refractivity contribution in [2.75, 3.05) is 17.7 Å². The van der Waals surface area contributed by atoms with Gasteiger partial charge in [-0.2, -0.15) is 23.1 Å². The summed E-state index contributed by atoms with van der Waals surface area (Å²) in [6.07, 6.45) is 0.342. The molecule has 0 amide bonds. The fraction of sp³-hybridized carbons (Fsp3) is 0.368. The molecule has 3 N–H and O–H groups in total. The summed E-state index contributed by atoms with van der Waals surface area (Å²) in [5.74, 6) is 0.876. The van der Waals surface area contributed by atoms with E-state index >= 15 is 0 Å². The average molecular weight is 390 g/mol. The average Bonchev–Trinajstić information content (AvgIpc) is 3.31. The van der Waals surface area contributed by atoms with Gasteiger partial charge in [-0.1, -0.05) is 18.9 Å². The number of nitrogens with one attached hydrogen (secondary N) is 3. The van der Waals surface area contributed by atoms with Gasteiger partial charge in [-0.3, -0.25) is 0 Å². The Bertz CT molecular complexity index is 979. The predicted octanol–water partition coefficient (Wildman–Crippen LogP) is 4.88. The Labute approximate surface area is 159 Å². The second kappa shape index (κ2) is 7.21. The Morgan fingerprint density at radius 3 is 2.75 bits per heavy atom. The number of alkyl halides is 3. The minimum absolute atomic E-state index is 0.0432. The lowest BCUT2D eigenvalue weighted by molar-refractivity contribution is -0.136. The first-order chi connectivity index (χ1) is 13.5. The number of fused-ring (bicyclic) bond motifs is 1. The quantitative estimate of drug-likeness (QED) is 0.579. The van der Waals surface area contributed by atoms with Crippen LogP contribution in [-0.4, -0.2) is 28.1 Å². The van der Waals surface area contributed by atoms with Crippen LogP contribution in [0.2, 0.25) is 0 Å². The van der Waals surface area contributed by atoms with Crippen LogP contribution in [0.5, 0.6) is 5.75 Å². The number of rotatable bonds is 5. The van der Waals surface area contributed by atoms with Crippen LogP contribution < -0.4 is 15.4 Å². The summed E-state index contributed by atoms with van der Waals surface area (Å²) in [5, 5.41) is 6.17. The molecule has 28 heavy (non-hydrogen) atoms. The Kier molecular flexibility index (Phi) is 4.74. The van der Waals surface area contributed by atoms with Gasteiger partial charge >= 0.3 is 6.18 Å². The second-order valence-electron chi connectivity index (χ2n) is 6.70. The molecule has 1 saturated carbocycles. The van der Waals surface area contributed by atoms with Gasteiger partial charge in [-0.15, -0.1) is 0 Å². The molecule has 0 spiro atoms. The lowest BCUT2D eigenvalue weighted by Gasteiger charge is -2.16. The molecule has 9 heteroatoms. The molecule has 147 valence electrons. The first-order valence-electron chi connectivity index (χ1n) is 8.99. The van der Waals surface area contributed by atoms with Crippen molar-refractivity contribution in [3.8, 4) is 5.75 Å². The molecule has 1 fully saturated rings. The fourth-order valence-electron chi connectivity index (χ4n) is 3.49. The number of halogens is 3. The first kappa shape index (κ1) is 18.4. The number of aromatic nitrogens is 3. The van der Waals surface area contributed by atoms with Crippen LogP contribution in [0.1, 0.15) is 31.2 Å². The van der Waals surface area contributed by atoms with E-state index in [1.54, 1.807) is 18.2 Å². The van der Waals surface area contributed by atoms with E-state index in [1.165, 1.54) is 7.11 Å². The van der Waals surface area contributed by atoms with E-state index in [9.17, 15) is 13.2 Å². The number of nitrogens with zero attached hydrogens (tertiary/aromatic N) is 2. The highest BCUT2D eigenvalue weighted by atomic mass is 19.4.